The molecule has 0 N–H and O–H groups in total. The second kappa shape index (κ2) is 13.1. The molecule has 2 aromatic rings. The number of halogens is 2. The van der Waals surface area contributed by atoms with Crippen molar-refractivity contribution in [2.24, 2.45) is 5.92 Å². The molecule has 2 aromatic carbocycles. The number of carbonyl (C=O) groups excluding carboxylic acids is 2. The van der Waals surface area contributed by atoms with E-state index in [1.54, 1.807) is 13.0 Å². The Kier molecular flexibility index (Phi) is 10.2. The number of hydrogen-bond acceptors (Lipinski definition) is 4. The van der Waals surface area contributed by atoms with E-state index < -0.39 is 5.97 Å². The van der Waals surface area contributed by atoms with Crippen LogP contribution in [-0.2, 0) is 19.1 Å². The molecule has 0 radical (unpaired) electrons. The highest BCUT2D eigenvalue weighted by Gasteiger charge is 2.45. The van der Waals surface area contributed by atoms with Crippen LogP contribution in [0.15, 0.2) is 61.2 Å². The second-order valence-corrected chi connectivity index (χ2v) is 9.62. The maximum Gasteiger partial charge on any atom is 0.332 e. The zero-order valence-corrected chi connectivity index (χ0v) is 21.8. The molecule has 188 valence electrons. The first-order valence-corrected chi connectivity index (χ1v) is 12.8. The van der Waals surface area contributed by atoms with Gasteiger partial charge in [-0.15, -0.1) is 6.58 Å². The van der Waals surface area contributed by atoms with Crippen molar-refractivity contribution in [2.45, 2.75) is 51.1 Å². The second-order valence-electron chi connectivity index (χ2n) is 8.74. The molecule has 1 fully saturated rings. The van der Waals surface area contributed by atoms with E-state index in [-0.39, 0.29) is 43.0 Å². The van der Waals surface area contributed by atoms with Gasteiger partial charge in [-0.25, -0.2) is 4.79 Å². The minimum atomic E-state index is -0.414. The van der Waals surface area contributed by atoms with Crippen LogP contribution in [0, 0.1) is 5.92 Å². The highest BCUT2D eigenvalue weighted by molar-refractivity contribution is 6.30. The molecule has 1 aliphatic heterocycles. The van der Waals surface area contributed by atoms with E-state index in [2.05, 4.69) is 12.6 Å². The van der Waals surface area contributed by atoms with Gasteiger partial charge in [-0.1, -0.05) is 60.5 Å². The number of ether oxygens (including phenoxy) is 2. The van der Waals surface area contributed by atoms with Crippen LogP contribution in [0.2, 0.25) is 10.0 Å². The maximum absolute atomic E-state index is 13.9. The van der Waals surface area contributed by atoms with Gasteiger partial charge < -0.3 is 14.4 Å². The molecule has 0 unspecified atom stereocenters. The molecule has 1 heterocycles. The van der Waals surface area contributed by atoms with E-state index in [9.17, 15) is 9.59 Å². The van der Waals surface area contributed by atoms with Crippen molar-refractivity contribution in [2.75, 3.05) is 19.8 Å². The van der Waals surface area contributed by atoms with Crippen LogP contribution in [0.3, 0.4) is 0 Å². The molecular weight excluding hydrogens is 485 g/mol. The van der Waals surface area contributed by atoms with Crippen molar-refractivity contribution >= 4 is 35.1 Å². The molecule has 35 heavy (non-hydrogen) atoms. The third-order valence-corrected chi connectivity index (χ3v) is 6.95. The van der Waals surface area contributed by atoms with Crippen molar-refractivity contribution in [3.63, 3.8) is 0 Å². The zero-order chi connectivity index (χ0) is 25.4. The van der Waals surface area contributed by atoms with Crippen LogP contribution < -0.4 is 0 Å². The molecule has 1 aliphatic rings. The van der Waals surface area contributed by atoms with Gasteiger partial charge in [0.05, 0.1) is 25.3 Å². The summed E-state index contributed by atoms with van der Waals surface area (Å²) in [4.78, 5) is 27.7. The van der Waals surface area contributed by atoms with Gasteiger partial charge in [0.2, 0.25) is 5.91 Å². The smallest absolute Gasteiger partial charge is 0.332 e. The van der Waals surface area contributed by atoms with Crippen LogP contribution in [-0.4, -0.2) is 42.6 Å². The van der Waals surface area contributed by atoms with Crippen LogP contribution in [0.25, 0.3) is 0 Å². The third-order valence-electron chi connectivity index (χ3n) is 6.46. The van der Waals surface area contributed by atoms with Crippen LogP contribution in [0.1, 0.15) is 56.2 Å². The van der Waals surface area contributed by atoms with Gasteiger partial charge in [0.1, 0.15) is 6.61 Å². The SMILES string of the molecule is C=CC[C@H]1C[C@H](c2cccc(Cl)c2)[C@@H](c2ccc(Cl)cc2)N([C@@H](CC)COCC(=O)OCC)C1=O. The van der Waals surface area contributed by atoms with E-state index in [4.69, 9.17) is 32.7 Å². The summed E-state index contributed by atoms with van der Waals surface area (Å²) in [5.41, 5.74) is 2.07. The Morgan fingerprint density at radius 3 is 2.51 bits per heavy atom. The molecule has 0 spiro atoms. The highest BCUT2D eigenvalue weighted by atomic mass is 35.5. The molecule has 3 rings (SSSR count). The average molecular weight is 518 g/mol. The average Bonchev–Trinajstić information content (AvgIpc) is 2.84. The Morgan fingerprint density at radius 1 is 1.14 bits per heavy atom. The first kappa shape index (κ1) is 27.3. The van der Waals surface area contributed by atoms with Crippen molar-refractivity contribution < 1.29 is 19.1 Å². The first-order valence-electron chi connectivity index (χ1n) is 12.1. The van der Waals surface area contributed by atoms with Gasteiger partial charge in [-0.3, -0.25) is 4.79 Å². The van der Waals surface area contributed by atoms with Gasteiger partial charge in [0.15, 0.2) is 0 Å². The van der Waals surface area contributed by atoms with Gasteiger partial charge in [0.25, 0.3) is 0 Å². The summed E-state index contributed by atoms with van der Waals surface area (Å²) in [7, 11) is 0. The molecule has 0 aromatic heterocycles. The van der Waals surface area contributed by atoms with Gasteiger partial charge in [0, 0.05) is 21.9 Å². The predicted molar refractivity (Wildman–Crippen MR) is 140 cm³/mol. The zero-order valence-electron chi connectivity index (χ0n) is 20.3. The van der Waals surface area contributed by atoms with Gasteiger partial charge >= 0.3 is 5.97 Å². The maximum atomic E-state index is 13.9. The number of allylic oxidation sites excluding steroid dienone is 1. The summed E-state index contributed by atoms with van der Waals surface area (Å²) < 4.78 is 10.7. The Labute approximate surface area is 218 Å². The summed E-state index contributed by atoms with van der Waals surface area (Å²) in [6.45, 7) is 8.04. The minimum Gasteiger partial charge on any atom is -0.464 e. The van der Waals surface area contributed by atoms with E-state index in [1.807, 2.05) is 54.3 Å². The fraction of sp³-hybridized carbons (Fsp3) is 0.429. The number of likely N-dealkylation sites (tertiary alicyclic amines) is 1. The molecule has 0 bridgehead atoms. The number of hydrogen-bond donors (Lipinski definition) is 0. The molecule has 5 nitrogen and oxygen atoms in total. The van der Waals surface area contributed by atoms with Crippen molar-refractivity contribution in [3.8, 4) is 0 Å². The highest BCUT2D eigenvalue weighted by Crippen LogP contribution is 2.47. The van der Waals surface area contributed by atoms with Crippen molar-refractivity contribution in [1.82, 2.24) is 4.90 Å². The van der Waals surface area contributed by atoms with Crippen molar-refractivity contribution in [3.05, 3.63) is 82.4 Å². The summed E-state index contributed by atoms with van der Waals surface area (Å²) >= 11 is 12.6. The van der Waals surface area contributed by atoms with E-state index >= 15 is 0 Å². The third kappa shape index (κ3) is 6.87. The molecule has 1 saturated heterocycles. The number of rotatable bonds is 11. The number of piperidine rings is 1. The standard InChI is InChI=1S/C28H33Cl2NO4/c1-4-8-21-16-25(20-9-7-10-23(30)15-20)27(19-11-13-22(29)14-12-19)31(28(21)33)24(5-2)17-34-18-26(32)35-6-3/h4,7,9-15,21,24-25,27H,1,5-6,8,16-18H2,2-3H3/t21-,24-,25+,27+/m0/s1. The van der Waals surface area contributed by atoms with E-state index in [1.165, 1.54) is 0 Å². The Balaban J connectivity index is 2.03. The van der Waals surface area contributed by atoms with Gasteiger partial charge in [-0.05, 0) is 61.6 Å². The largest absolute Gasteiger partial charge is 0.464 e. The van der Waals surface area contributed by atoms with E-state index in [0.717, 1.165) is 11.1 Å². The number of benzene rings is 2. The summed E-state index contributed by atoms with van der Waals surface area (Å²) in [5.74, 6) is -0.548. The lowest BCUT2D eigenvalue weighted by Crippen LogP contribution is -2.53. The van der Waals surface area contributed by atoms with Crippen LogP contribution in [0.5, 0.6) is 0 Å². The number of nitrogens with zero attached hydrogens (tertiary/aromatic N) is 1. The van der Waals surface area contributed by atoms with Crippen molar-refractivity contribution in [1.29, 1.82) is 0 Å². The van der Waals surface area contributed by atoms with Crippen LogP contribution in [0.4, 0.5) is 0 Å². The normalized spacial score (nSPS) is 21.0. The quantitative estimate of drug-likeness (QED) is 0.248. The minimum absolute atomic E-state index is 0.0108. The molecule has 1 amide bonds. The number of esters is 1. The Hall–Kier alpha value is -2.34. The molecule has 0 saturated carbocycles. The first-order chi connectivity index (χ1) is 16.9. The van der Waals surface area contributed by atoms with E-state index in [0.29, 0.717) is 35.9 Å². The monoisotopic (exact) mass is 517 g/mol. The molecular formula is C28H33Cl2NO4. The molecule has 4 atom stereocenters. The Morgan fingerprint density at radius 2 is 1.89 bits per heavy atom. The fourth-order valence-corrected chi connectivity index (χ4v) is 5.19. The van der Waals surface area contributed by atoms with Crippen LogP contribution >= 0.6 is 23.2 Å². The van der Waals surface area contributed by atoms with Gasteiger partial charge in [-0.2, -0.15) is 0 Å². The summed E-state index contributed by atoms with van der Waals surface area (Å²) in [6.07, 6.45) is 3.73. The summed E-state index contributed by atoms with van der Waals surface area (Å²) in [6, 6.07) is 15.0. The predicted octanol–water partition coefficient (Wildman–Crippen LogP) is 6.60. The lowest BCUT2D eigenvalue weighted by Gasteiger charge is -2.48. The molecule has 0 aliphatic carbocycles. The number of amides is 1. The number of carbonyl (C=O) groups is 2. The fourth-order valence-electron chi connectivity index (χ4n) is 4.87. The Bertz CT molecular complexity index is 1010. The lowest BCUT2D eigenvalue weighted by atomic mass is 9.74. The lowest BCUT2D eigenvalue weighted by molar-refractivity contribution is -0.152. The molecule has 7 heteroatoms. The topological polar surface area (TPSA) is 55.8 Å². The summed E-state index contributed by atoms with van der Waals surface area (Å²) in [5, 5.41) is 1.29.